The van der Waals surface area contributed by atoms with E-state index >= 15 is 0 Å². The molecule has 0 fully saturated rings. The first-order valence-corrected chi connectivity index (χ1v) is 13.2. The second-order valence-electron chi connectivity index (χ2n) is 8.98. The summed E-state index contributed by atoms with van der Waals surface area (Å²) < 4.78 is 32.3. The third-order valence-electron chi connectivity index (χ3n) is 6.13. The van der Waals surface area contributed by atoms with Gasteiger partial charge in [0.25, 0.3) is 10.0 Å². The number of fused-ring (bicyclic) bond motifs is 2. The molecule has 0 spiro atoms. The van der Waals surface area contributed by atoms with Crippen molar-refractivity contribution < 1.29 is 13.2 Å². The van der Waals surface area contributed by atoms with Crippen molar-refractivity contribution in [1.82, 2.24) is 24.2 Å². The summed E-state index contributed by atoms with van der Waals surface area (Å²) in [7, 11) is 0.826. The van der Waals surface area contributed by atoms with Gasteiger partial charge in [-0.05, 0) is 61.4 Å². The summed E-state index contributed by atoms with van der Waals surface area (Å²) in [5.41, 5.74) is 5.00. The number of aromatic nitrogens is 4. The number of nitrogens with one attached hydrogen (secondary N) is 4. The molecule has 11 heteroatoms. The number of ether oxygens (including phenoxy) is 1. The third-order valence-corrected chi connectivity index (χ3v) is 7.83. The van der Waals surface area contributed by atoms with Gasteiger partial charge in [-0.1, -0.05) is 0 Å². The van der Waals surface area contributed by atoms with Gasteiger partial charge in [0.15, 0.2) is 5.03 Å². The number of aromatic amines is 2. The predicted octanol–water partition coefficient (Wildman–Crippen LogP) is 4.40. The molecule has 4 N–H and O–H groups in total. The van der Waals surface area contributed by atoms with Gasteiger partial charge >= 0.3 is 0 Å². The van der Waals surface area contributed by atoms with Crippen LogP contribution in [0.1, 0.15) is 11.3 Å². The number of benzene rings is 2. The second kappa shape index (κ2) is 9.75. The zero-order chi connectivity index (χ0) is 26.2. The summed E-state index contributed by atoms with van der Waals surface area (Å²) in [6, 6.07) is 15.3. The Kier molecular flexibility index (Phi) is 6.48. The van der Waals surface area contributed by atoms with E-state index in [4.69, 9.17) is 4.74 Å². The van der Waals surface area contributed by atoms with E-state index in [1.54, 1.807) is 7.11 Å². The fraction of sp³-hybridized carbons (Fsp3) is 0.231. The van der Waals surface area contributed by atoms with Crippen LogP contribution < -0.4 is 15.4 Å². The highest BCUT2D eigenvalue weighted by Crippen LogP contribution is 2.26. The molecule has 0 unspecified atom stereocenters. The fourth-order valence-electron chi connectivity index (χ4n) is 4.19. The zero-order valence-corrected chi connectivity index (χ0v) is 21.9. The molecular weight excluding hydrogens is 490 g/mol. The quantitative estimate of drug-likeness (QED) is 0.212. The van der Waals surface area contributed by atoms with E-state index in [1.807, 2.05) is 49.5 Å². The number of nitrogens with zero attached hydrogens (tertiary/aromatic N) is 3. The lowest BCUT2D eigenvalue weighted by molar-refractivity contribution is 0.415. The van der Waals surface area contributed by atoms with Crippen LogP contribution in [0.4, 0.5) is 17.5 Å². The van der Waals surface area contributed by atoms with Crippen molar-refractivity contribution in [3.05, 3.63) is 66.0 Å². The first-order chi connectivity index (χ1) is 17.7. The molecule has 3 heterocycles. The van der Waals surface area contributed by atoms with E-state index in [9.17, 15) is 8.42 Å². The molecule has 0 bridgehead atoms. The van der Waals surface area contributed by atoms with Gasteiger partial charge in [0.05, 0.1) is 7.11 Å². The van der Waals surface area contributed by atoms with Gasteiger partial charge in [-0.25, -0.2) is 12.7 Å². The van der Waals surface area contributed by atoms with Crippen LogP contribution in [-0.2, 0) is 16.4 Å². The van der Waals surface area contributed by atoms with Gasteiger partial charge in [-0.15, -0.1) is 0 Å². The molecule has 0 saturated heterocycles. The summed E-state index contributed by atoms with van der Waals surface area (Å²) in [5.74, 6) is 1.39. The number of sulfonamides is 1. The van der Waals surface area contributed by atoms with Gasteiger partial charge in [0, 0.05) is 66.1 Å². The summed E-state index contributed by atoms with van der Waals surface area (Å²) in [5, 5.41) is 8.45. The average molecular weight is 520 g/mol. The van der Waals surface area contributed by atoms with Crippen LogP contribution in [0.2, 0.25) is 0 Å². The molecule has 0 aliphatic carbocycles. The number of aryl methyl sites for hydroxylation is 1. The first-order valence-electron chi connectivity index (χ1n) is 11.8. The minimum Gasteiger partial charge on any atom is -0.497 e. The third kappa shape index (κ3) is 5.09. The highest BCUT2D eigenvalue weighted by molar-refractivity contribution is 7.89. The molecule has 3 aromatic heterocycles. The van der Waals surface area contributed by atoms with Crippen molar-refractivity contribution >= 4 is 49.3 Å². The smallest absolute Gasteiger partial charge is 0.260 e. The molecule has 0 atom stereocenters. The van der Waals surface area contributed by atoms with Crippen LogP contribution in [0.5, 0.6) is 5.75 Å². The van der Waals surface area contributed by atoms with Crippen molar-refractivity contribution in [3.63, 3.8) is 0 Å². The van der Waals surface area contributed by atoms with E-state index in [2.05, 4.69) is 36.6 Å². The fourth-order valence-corrected chi connectivity index (χ4v) is 5.03. The Morgan fingerprint density at radius 2 is 1.84 bits per heavy atom. The molecule has 37 heavy (non-hydrogen) atoms. The molecule has 2 aromatic carbocycles. The molecule has 0 aliphatic rings. The van der Waals surface area contributed by atoms with Gasteiger partial charge in [0.2, 0.25) is 5.95 Å². The lowest BCUT2D eigenvalue weighted by atomic mass is 10.1. The molecule has 10 nitrogen and oxygen atoms in total. The first kappa shape index (κ1) is 24.6. The second-order valence-corrected chi connectivity index (χ2v) is 11.1. The lowest BCUT2D eigenvalue weighted by Crippen LogP contribution is -2.24. The van der Waals surface area contributed by atoms with Crippen molar-refractivity contribution in [2.75, 3.05) is 38.4 Å². The minimum absolute atomic E-state index is 0.0899. The molecule has 0 saturated carbocycles. The average Bonchev–Trinajstić information content (AvgIpc) is 3.45. The predicted molar refractivity (Wildman–Crippen MR) is 146 cm³/mol. The monoisotopic (exact) mass is 519 g/mol. The maximum atomic E-state index is 12.9. The summed E-state index contributed by atoms with van der Waals surface area (Å²) in [6.45, 7) is 2.50. The van der Waals surface area contributed by atoms with Crippen LogP contribution in [0.3, 0.4) is 0 Å². The highest BCUT2D eigenvalue weighted by Gasteiger charge is 2.21. The highest BCUT2D eigenvalue weighted by atomic mass is 32.2. The van der Waals surface area contributed by atoms with Gasteiger partial charge in [-0.2, -0.15) is 9.97 Å². The van der Waals surface area contributed by atoms with Gasteiger partial charge < -0.3 is 25.3 Å². The lowest BCUT2D eigenvalue weighted by Gasteiger charge is -2.14. The molecule has 0 aliphatic heterocycles. The standard InChI is InChI=1S/C26H29N7O3S/c1-16-11-18-12-19(5-7-22(18)29-16)30-24-14-25(37(34,35)33(2)3)32-26(31-24)27-10-9-17-15-28-23-8-6-20(36-4)13-21(17)23/h5-8,11-15,28-29H,9-10H2,1-4H3,(H2,27,30,31,32). The number of hydrogen-bond acceptors (Lipinski definition) is 7. The summed E-state index contributed by atoms with van der Waals surface area (Å²) in [6.07, 6.45) is 2.64. The summed E-state index contributed by atoms with van der Waals surface area (Å²) >= 11 is 0. The van der Waals surface area contributed by atoms with Crippen LogP contribution in [0, 0.1) is 6.92 Å². The van der Waals surface area contributed by atoms with Crippen LogP contribution >= 0.6 is 0 Å². The zero-order valence-electron chi connectivity index (χ0n) is 21.1. The van der Waals surface area contributed by atoms with E-state index in [0.29, 0.717) is 18.8 Å². The number of H-pyrrole nitrogens is 2. The molecule has 5 rings (SSSR count). The van der Waals surface area contributed by atoms with Gasteiger partial charge in [-0.3, -0.25) is 0 Å². The Hall–Kier alpha value is -4.09. The van der Waals surface area contributed by atoms with E-state index < -0.39 is 10.0 Å². The number of rotatable bonds is 9. The Labute approximate surface area is 215 Å². The Morgan fingerprint density at radius 3 is 2.62 bits per heavy atom. The maximum Gasteiger partial charge on any atom is 0.260 e. The van der Waals surface area contributed by atoms with Crippen molar-refractivity contribution in [3.8, 4) is 5.75 Å². The molecule has 192 valence electrons. The maximum absolute atomic E-state index is 12.9. The minimum atomic E-state index is -3.77. The van der Waals surface area contributed by atoms with E-state index in [-0.39, 0.29) is 11.0 Å². The van der Waals surface area contributed by atoms with Crippen LogP contribution in [0.15, 0.2) is 59.8 Å². The van der Waals surface area contributed by atoms with Crippen molar-refractivity contribution in [2.24, 2.45) is 0 Å². The summed E-state index contributed by atoms with van der Waals surface area (Å²) in [4.78, 5) is 15.4. The Bertz CT molecular complexity index is 1690. The topological polar surface area (TPSA) is 128 Å². The van der Waals surface area contributed by atoms with Crippen LogP contribution in [0.25, 0.3) is 21.8 Å². The van der Waals surface area contributed by atoms with Crippen LogP contribution in [-0.4, -0.2) is 60.4 Å². The van der Waals surface area contributed by atoms with Crippen molar-refractivity contribution in [2.45, 2.75) is 18.4 Å². The molecule has 0 amide bonds. The molecular formula is C26H29N7O3S. The Balaban J connectivity index is 1.40. The van der Waals surface area contributed by atoms with E-state index in [0.717, 1.165) is 48.8 Å². The van der Waals surface area contributed by atoms with Gasteiger partial charge in [0.1, 0.15) is 11.6 Å². The SMILES string of the molecule is COc1ccc2[nH]cc(CCNc3nc(Nc4ccc5[nH]c(C)cc5c4)cc(S(=O)(=O)N(C)C)n3)c2c1. The molecule has 5 aromatic rings. The number of methoxy groups -OCH3 is 1. The largest absolute Gasteiger partial charge is 0.497 e. The normalized spacial score (nSPS) is 11.9. The number of anilines is 3. The van der Waals surface area contributed by atoms with Crippen molar-refractivity contribution in [1.29, 1.82) is 0 Å². The molecule has 0 radical (unpaired) electrons. The Morgan fingerprint density at radius 1 is 1.03 bits per heavy atom. The van der Waals surface area contributed by atoms with E-state index in [1.165, 1.54) is 20.2 Å². The number of hydrogen-bond donors (Lipinski definition) is 4.